The lowest BCUT2D eigenvalue weighted by molar-refractivity contribution is -0.0187. The molecule has 1 aromatic carbocycles. The first-order valence-electron chi connectivity index (χ1n) is 6.87. The molecule has 3 nitrogen and oxygen atoms in total. The van der Waals surface area contributed by atoms with Crippen LogP contribution in [0.3, 0.4) is 0 Å². The summed E-state index contributed by atoms with van der Waals surface area (Å²) in [4.78, 5) is 0. The van der Waals surface area contributed by atoms with Crippen LogP contribution in [0.1, 0.15) is 31.4 Å². The van der Waals surface area contributed by atoms with Crippen LogP contribution in [0.25, 0.3) is 0 Å². The van der Waals surface area contributed by atoms with Gasteiger partial charge in [0.1, 0.15) is 0 Å². The molecule has 106 valence electrons. The molecule has 2 N–H and O–H groups in total. The summed E-state index contributed by atoms with van der Waals surface area (Å²) in [5, 5.41) is 0.720. The van der Waals surface area contributed by atoms with Crippen LogP contribution in [-0.4, -0.2) is 25.9 Å². The van der Waals surface area contributed by atoms with Gasteiger partial charge in [-0.2, -0.15) is 0 Å². The van der Waals surface area contributed by atoms with E-state index in [1.54, 1.807) is 0 Å². The third kappa shape index (κ3) is 4.46. The molecule has 1 aliphatic rings. The molecule has 4 heteroatoms. The van der Waals surface area contributed by atoms with Gasteiger partial charge in [-0.3, -0.25) is 0 Å². The second kappa shape index (κ2) is 7.25. The minimum Gasteiger partial charge on any atom is -0.381 e. The van der Waals surface area contributed by atoms with Crippen molar-refractivity contribution in [1.82, 2.24) is 0 Å². The summed E-state index contributed by atoms with van der Waals surface area (Å²) in [6.45, 7) is 4.39. The Hall–Kier alpha value is -0.610. The number of rotatable bonds is 5. The molecule has 2 atom stereocenters. The Labute approximate surface area is 120 Å². The van der Waals surface area contributed by atoms with Gasteiger partial charge in [0.2, 0.25) is 0 Å². The summed E-state index contributed by atoms with van der Waals surface area (Å²) in [6, 6.07) is 7.69. The average molecular weight is 284 g/mol. The SMILES string of the molecule is CC(N)C(OCC1CCOCC1)c1cccc(Cl)c1. The molecule has 0 bridgehead atoms. The van der Waals surface area contributed by atoms with Gasteiger partial charge in [0, 0.05) is 24.3 Å². The number of hydrogen-bond donors (Lipinski definition) is 1. The summed E-state index contributed by atoms with van der Waals surface area (Å²) in [5.41, 5.74) is 7.09. The molecule has 19 heavy (non-hydrogen) atoms. The van der Waals surface area contributed by atoms with Gasteiger partial charge in [0.25, 0.3) is 0 Å². The number of benzene rings is 1. The van der Waals surface area contributed by atoms with Crippen molar-refractivity contribution >= 4 is 11.6 Å². The highest BCUT2D eigenvalue weighted by atomic mass is 35.5. The van der Waals surface area contributed by atoms with Crippen LogP contribution in [0.15, 0.2) is 24.3 Å². The zero-order valence-electron chi connectivity index (χ0n) is 11.3. The zero-order chi connectivity index (χ0) is 13.7. The number of halogens is 1. The molecule has 0 amide bonds. The van der Waals surface area contributed by atoms with Gasteiger partial charge in [-0.25, -0.2) is 0 Å². The van der Waals surface area contributed by atoms with E-state index >= 15 is 0 Å². The quantitative estimate of drug-likeness (QED) is 0.903. The Kier molecular flexibility index (Phi) is 5.64. The fourth-order valence-electron chi connectivity index (χ4n) is 2.39. The lowest BCUT2D eigenvalue weighted by atomic mass is 10.0. The molecule has 1 aromatic rings. The van der Waals surface area contributed by atoms with Crippen molar-refractivity contribution in [3.8, 4) is 0 Å². The topological polar surface area (TPSA) is 44.5 Å². The standard InChI is InChI=1S/C15H22ClNO2/c1-11(17)15(13-3-2-4-14(16)9-13)19-10-12-5-7-18-8-6-12/h2-4,9,11-12,15H,5-8,10,17H2,1H3. The Morgan fingerprint density at radius 1 is 1.42 bits per heavy atom. The van der Waals surface area contributed by atoms with E-state index in [-0.39, 0.29) is 12.1 Å². The van der Waals surface area contributed by atoms with Crippen molar-refractivity contribution in [3.05, 3.63) is 34.9 Å². The first kappa shape index (κ1) is 14.8. The maximum atomic E-state index is 6.04. The predicted octanol–water partition coefficient (Wildman–Crippen LogP) is 3.17. The Balaban J connectivity index is 1.96. The summed E-state index contributed by atoms with van der Waals surface area (Å²) in [5.74, 6) is 0.578. The lowest BCUT2D eigenvalue weighted by Gasteiger charge is -2.27. The van der Waals surface area contributed by atoms with E-state index in [9.17, 15) is 0 Å². The smallest absolute Gasteiger partial charge is 0.0973 e. The molecule has 0 spiro atoms. The monoisotopic (exact) mass is 283 g/mol. The highest BCUT2D eigenvalue weighted by Gasteiger charge is 2.21. The van der Waals surface area contributed by atoms with Gasteiger partial charge in [0.15, 0.2) is 0 Å². The number of hydrogen-bond acceptors (Lipinski definition) is 3. The van der Waals surface area contributed by atoms with Gasteiger partial charge >= 0.3 is 0 Å². The largest absolute Gasteiger partial charge is 0.381 e. The van der Waals surface area contributed by atoms with Crippen LogP contribution in [-0.2, 0) is 9.47 Å². The molecule has 0 aromatic heterocycles. The van der Waals surface area contributed by atoms with Crippen LogP contribution in [0, 0.1) is 5.92 Å². The van der Waals surface area contributed by atoms with E-state index in [0.717, 1.165) is 43.2 Å². The summed E-state index contributed by atoms with van der Waals surface area (Å²) < 4.78 is 11.4. The summed E-state index contributed by atoms with van der Waals surface area (Å²) in [7, 11) is 0. The molecular formula is C15H22ClNO2. The maximum absolute atomic E-state index is 6.04. The molecule has 1 saturated heterocycles. The first-order valence-corrected chi connectivity index (χ1v) is 7.25. The summed E-state index contributed by atoms with van der Waals surface area (Å²) >= 11 is 6.03. The molecule has 2 unspecified atom stereocenters. The van der Waals surface area contributed by atoms with Gasteiger partial charge in [-0.05, 0) is 43.4 Å². The Morgan fingerprint density at radius 3 is 2.79 bits per heavy atom. The highest BCUT2D eigenvalue weighted by Crippen LogP contribution is 2.25. The third-order valence-electron chi connectivity index (χ3n) is 3.51. The van der Waals surface area contributed by atoms with Crippen molar-refractivity contribution in [2.75, 3.05) is 19.8 Å². The van der Waals surface area contributed by atoms with Crippen LogP contribution in [0.2, 0.25) is 5.02 Å². The second-order valence-corrected chi connectivity index (χ2v) is 5.66. The van der Waals surface area contributed by atoms with Gasteiger partial charge in [-0.1, -0.05) is 23.7 Å². The fraction of sp³-hybridized carbons (Fsp3) is 0.600. The third-order valence-corrected chi connectivity index (χ3v) is 3.74. The van der Waals surface area contributed by atoms with Crippen molar-refractivity contribution in [1.29, 1.82) is 0 Å². The zero-order valence-corrected chi connectivity index (χ0v) is 12.1. The molecule has 2 rings (SSSR count). The van der Waals surface area contributed by atoms with E-state index in [1.807, 2.05) is 31.2 Å². The van der Waals surface area contributed by atoms with E-state index in [0.29, 0.717) is 5.92 Å². The van der Waals surface area contributed by atoms with Crippen LogP contribution in [0.4, 0.5) is 0 Å². The van der Waals surface area contributed by atoms with Crippen LogP contribution >= 0.6 is 11.6 Å². The molecule has 0 radical (unpaired) electrons. The van der Waals surface area contributed by atoms with Crippen LogP contribution < -0.4 is 5.73 Å². The highest BCUT2D eigenvalue weighted by molar-refractivity contribution is 6.30. The number of ether oxygens (including phenoxy) is 2. The van der Waals surface area contributed by atoms with E-state index in [1.165, 1.54) is 0 Å². The van der Waals surface area contributed by atoms with Gasteiger partial charge in [0.05, 0.1) is 12.7 Å². The normalized spacial score (nSPS) is 20.2. The molecule has 0 aliphatic carbocycles. The lowest BCUT2D eigenvalue weighted by Crippen LogP contribution is -2.29. The molecule has 1 fully saturated rings. The molecule has 1 aliphatic heterocycles. The van der Waals surface area contributed by atoms with E-state index in [2.05, 4.69) is 0 Å². The van der Waals surface area contributed by atoms with E-state index < -0.39 is 0 Å². The Morgan fingerprint density at radius 2 is 2.16 bits per heavy atom. The van der Waals surface area contributed by atoms with Crippen molar-refractivity contribution in [3.63, 3.8) is 0 Å². The number of nitrogens with two attached hydrogens (primary N) is 1. The molecular weight excluding hydrogens is 262 g/mol. The Bertz CT molecular complexity index is 391. The first-order chi connectivity index (χ1) is 9.16. The van der Waals surface area contributed by atoms with Crippen LogP contribution in [0.5, 0.6) is 0 Å². The van der Waals surface area contributed by atoms with Crippen molar-refractivity contribution in [2.24, 2.45) is 11.7 Å². The summed E-state index contributed by atoms with van der Waals surface area (Å²) in [6.07, 6.45) is 2.05. The van der Waals surface area contributed by atoms with Crippen molar-refractivity contribution in [2.45, 2.75) is 31.9 Å². The molecule has 0 saturated carbocycles. The second-order valence-electron chi connectivity index (χ2n) is 5.22. The van der Waals surface area contributed by atoms with Crippen molar-refractivity contribution < 1.29 is 9.47 Å². The van der Waals surface area contributed by atoms with E-state index in [4.69, 9.17) is 26.8 Å². The average Bonchev–Trinajstić information content (AvgIpc) is 2.40. The predicted molar refractivity (Wildman–Crippen MR) is 77.3 cm³/mol. The maximum Gasteiger partial charge on any atom is 0.0973 e. The van der Waals surface area contributed by atoms with Gasteiger partial charge in [-0.15, -0.1) is 0 Å². The van der Waals surface area contributed by atoms with Gasteiger partial charge < -0.3 is 15.2 Å². The minimum absolute atomic E-state index is 0.0571. The molecule has 1 heterocycles. The fourth-order valence-corrected chi connectivity index (χ4v) is 2.59. The minimum atomic E-state index is -0.0958.